The second kappa shape index (κ2) is 5.93. The van der Waals surface area contributed by atoms with Gasteiger partial charge in [0.1, 0.15) is 6.10 Å². The number of carbonyl (C=O) groups is 1. The summed E-state index contributed by atoms with van der Waals surface area (Å²) >= 11 is 0. The van der Waals surface area contributed by atoms with E-state index in [9.17, 15) is 4.79 Å². The monoisotopic (exact) mass is 365 g/mol. The fourth-order valence-corrected chi connectivity index (χ4v) is 4.85. The number of rotatable bonds is 3. The van der Waals surface area contributed by atoms with Crippen LogP contribution in [0.4, 0.5) is 0 Å². The molecule has 0 amide bonds. The van der Waals surface area contributed by atoms with Gasteiger partial charge in [-0.3, -0.25) is 9.69 Å². The molecule has 0 radical (unpaired) electrons. The quantitative estimate of drug-likeness (QED) is 0.783. The molecule has 0 N–H and O–H groups in total. The number of esters is 1. The van der Waals surface area contributed by atoms with Gasteiger partial charge in [0.25, 0.3) is 0 Å². The summed E-state index contributed by atoms with van der Waals surface area (Å²) in [6, 6.07) is 10.4. The molecule has 1 saturated carbocycles. The van der Waals surface area contributed by atoms with Crippen molar-refractivity contribution in [1.82, 2.24) is 14.7 Å². The molecule has 2 aliphatic heterocycles. The third-order valence-electron chi connectivity index (χ3n) is 6.29. The average molecular weight is 365 g/mol. The Hall–Kier alpha value is -2.14. The lowest BCUT2D eigenvalue weighted by Crippen LogP contribution is -2.38. The highest BCUT2D eigenvalue weighted by Crippen LogP contribution is 2.55. The van der Waals surface area contributed by atoms with Crippen LogP contribution in [0.3, 0.4) is 0 Å². The molecule has 0 bridgehead atoms. The minimum Gasteiger partial charge on any atom is -0.461 e. The molecule has 1 saturated heterocycles. The smallest absolute Gasteiger partial charge is 0.312 e. The Morgan fingerprint density at radius 3 is 2.70 bits per heavy atom. The topological polar surface area (TPSA) is 47.4 Å². The van der Waals surface area contributed by atoms with Crippen molar-refractivity contribution < 1.29 is 9.53 Å². The largest absolute Gasteiger partial charge is 0.461 e. The van der Waals surface area contributed by atoms with Gasteiger partial charge in [0.2, 0.25) is 0 Å². The molecule has 5 heteroatoms. The summed E-state index contributed by atoms with van der Waals surface area (Å²) in [6.07, 6.45) is 5.98. The molecule has 2 aromatic rings. The lowest BCUT2D eigenvalue weighted by atomic mass is 9.87. The van der Waals surface area contributed by atoms with Gasteiger partial charge < -0.3 is 4.74 Å². The second-order valence-electron chi connectivity index (χ2n) is 9.39. The molecule has 1 spiro atoms. The minimum absolute atomic E-state index is 0.0409. The molecule has 2 fully saturated rings. The number of hydrogen-bond acceptors (Lipinski definition) is 4. The predicted octanol–water partition coefficient (Wildman–Crippen LogP) is 3.35. The average Bonchev–Trinajstić information content (AvgIpc) is 3.24. The molecule has 3 aliphatic rings. The summed E-state index contributed by atoms with van der Waals surface area (Å²) < 4.78 is 7.80. The zero-order valence-electron chi connectivity index (χ0n) is 16.1. The Kier molecular flexibility index (Phi) is 3.73. The minimum atomic E-state index is -0.116. The number of cyclic esters (lactones) is 1. The molecule has 27 heavy (non-hydrogen) atoms. The summed E-state index contributed by atoms with van der Waals surface area (Å²) in [4.78, 5) is 14.6. The molecular formula is C22H27N3O2. The molecule has 5 nitrogen and oxygen atoms in total. The van der Waals surface area contributed by atoms with Gasteiger partial charge in [0.15, 0.2) is 0 Å². The molecular weight excluding hydrogens is 338 g/mol. The maximum Gasteiger partial charge on any atom is 0.312 e. The first-order chi connectivity index (χ1) is 12.9. The van der Waals surface area contributed by atoms with E-state index in [0.717, 1.165) is 51.0 Å². The summed E-state index contributed by atoms with van der Waals surface area (Å²) in [5.41, 5.74) is 3.72. The molecule has 1 aliphatic carbocycles. The summed E-state index contributed by atoms with van der Waals surface area (Å²) in [6.45, 7) is 7.33. The van der Waals surface area contributed by atoms with Crippen LogP contribution in [0.15, 0.2) is 36.5 Å². The lowest BCUT2D eigenvalue weighted by Gasteiger charge is -2.31. The van der Waals surface area contributed by atoms with Crippen molar-refractivity contribution >= 4 is 5.97 Å². The fraction of sp³-hybridized carbons (Fsp3) is 0.545. The normalized spacial score (nSPS) is 25.9. The van der Waals surface area contributed by atoms with E-state index in [2.05, 4.69) is 47.7 Å². The van der Waals surface area contributed by atoms with E-state index in [0.29, 0.717) is 0 Å². The van der Waals surface area contributed by atoms with Crippen LogP contribution in [0.5, 0.6) is 0 Å². The third-order valence-corrected chi connectivity index (χ3v) is 6.29. The van der Waals surface area contributed by atoms with Crippen molar-refractivity contribution in [2.75, 3.05) is 13.1 Å². The first kappa shape index (κ1) is 17.0. The number of aromatic nitrogens is 2. The van der Waals surface area contributed by atoms with E-state index in [-0.39, 0.29) is 22.9 Å². The van der Waals surface area contributed by atoms with Gasteiger partial charge in [-0.25, -0.2) is 4.68 Å². The highest BCUT2D eigenvalue weighted by atomic mass is 16.6. The number of ether oxygens (including phenoxy) is 1. The molecule has 1 atom stereocenters. The van der Waals surface area contributed by atoms with Gasteiger partial charge in [-0.05, 0) is 36.8 Å². The Morgan fingerprint density at radius 2 is 2.00 bits per heavy atom. The van der Waals surface area contributed by atoms with Crippen molar-refractivity contribution in [3.05, 3.63) is 47.8 Å². The van der Waals surface area contributed by atoms with Gasteiger partial charge in [0.05, 0.1) is 17.3 Å². The summed E-state index contributed by atoms with van der Waals surface area (Å²) in [7, 11) is 0. The van der Waals surface area contributed by atoms with E-state index < -0.39 is 0 Å². The van der Waals surface area contributed by atoms with Crippen LogP contribution in [-0.2, 0) is 22.5 Å². The van der Waals surface area contributed by atoms with E-state index in [1.165, 1.54) is 11.3 Å². The molecule has 142 valence electrons. The second-order valence-corrected chi connectivity index (χ2v) is 9.39. The van der Waals surface area contributed by atoms with Gasteiger partial charge in [-0.1, -0.05) is 32.0 Å². The van der Waals surface area contributed by atoms with Crippen LogP contribution in [0.2, 0.25) is 0 Å². The number of nitrogens with zero attached hydrogens (tertiary/aromatic N) is 3. The van der Waals surface area contributed by atoms with Crippen LogP contribution in [-0.4, -0.2) is 39.8 Å². The standard InChI is InChI=1S/C22H27N3O2/c1-21(2)11-19-16(12-23-25(19)17-6-4-3-5-7-17)13-24(15-21)14-18-10-22(8-9-22)20(26)27-18/h3-7,12,18H,8-11,13-15H2,1-2H3. The number of para-hydroxylation sites is 1. The number of hydrogen-bond donors (Lipinski definition) is 0. The van der Waals surface area contributed by atoms with Crippen LogP contribution in [0.1, 0.15) is 44.4 Å². The Morgan fingerprint density at radius 1 is 1.22 bits per heavy atom. The van der Waals surface area contributed by atoms with Gasteiger partial charge >= 0.3 is 5.97 Å². The predicted molar refractivity (Wildman–Crippen MR) is 102 cm³/mol. The van der Waals surface area contributed by atoms with Crippen LogP contribution < -0.4 is 0 Å². The molecule has 1 unspecified atom stereocenters. The first-order valence-corrected chi connectivity index (χ1v) is 9.99. The van der Waals surface area contributed by atoms with E-state index in [4.69, 9.17) is 9.84 Å². The van der Waals surface area contributed by atoms with Gasteiger partial charge in [-0.15, -0.1) is 0 Å². The Labute approximate surface area is 160 Å². The number of benzene rings is 1. The first-order valence-electron chi connectivity index (χ1n) is 9.99. The fourth-order valence-electron chi connectivity index (χ4n) is 4.85. The zero-order chi connectivity index (χ0) is 18.6. The van der Waals surface area contributed by atoms with Crippen molar-refractivity contribution in [3.63, 3.8) is 0 Å². The van der Waals surface area contributed by atoms with E-state index in [1.54, 1.807) is 0 Å². The highest BCUT2D eigenvalue weighted by molar-refractivity contribution is 5.82. The highest BCUT2D eigenvalue weighted by Gasteiger charge is 2.57. The maximum absolute atomic E-state index is 12.1. The third kappa shape index (κ3) is 3.08. The van der Waals surface area contributed by atoms with Crippen LogP contribution in [0.25, 0.3) is 5.69 Å². The SMILES string of the molecule is CC1(C)Cc2c(cnn2-c2ccccc2)CN(CC2CC3(CC3)C(=O)O2)C1. The van der Waals surface area contributed by atoms with Crippen molar-refractivity contribution in [1.29, 1.82) is 0 Å². The molecule has 5 rings (SSSR count). The van der Waals surface area contributed by atoms with Crippen LogP contribution in [0, 0.1) is 10.8 Å². The molecule has 1 aromatic heterocycles. The van der Waals surface area contributed by atoms with Gasteiger partial charge in [0, 0.05) is 37.3 Å². The number of carbonyl (C=O) groups excluding carboxylic acids is 1. The van der Waals surface area contributed by atoms with E-state index in [1.807, 2.05) is 12.3 Å². The maximum atomic E-state index is 12.1. The Bertz CT molecular complexity index is 867. The van der Waals surface area contributed by atoms with Gasteiger partial charge in [-0.2, -0.15) is 5.10 Å². The lowest BCUT2D eigenvalue weighted by molar-refractivity contribution is -0.145. The van der Waals surface area contributed by atoms with Crippen molar-refractivity contribution in [2.24, 2.45) is 10.8 Å². The van der Waals surface area contributed by atoms with Crippen molar-refractivity contribution in [2.45, 2.75) is 52.2 Å². The van der Waals surface area contributed by atoms with E-state index >= 15 is 0 Å². The zero-order valence-corrected chi connectivity index (χ0v) is 16.1. The number of fused-ring (bicyclic) bond motifs is 1. The van der Waals surface area contributed by atoms with Crippen LogP contribution >= 0.6 is 0 Å². The molecule has 3 heterocycles. The summed E-state index contributed by atoms with van der Waals surface area (Å²) in [5.74, 6) is 0.0409. The van der Waals surface area contributed by atoms with Crippen molar-refractivity contribution in [3.8, 4) is 5.69 Å². The Balaban J connectivity index is 1.39. The molecule has 1 aromatic carbocycles. The summed E-state index contributed by atoms with van der Waals surface area (Å²) in [5, 5.41) is 4.69.